The van der Waals surface area contributed by atoms with Crippen LogP contribution in [0.3, 0.4) is 0 Å². The van der Waals surface area contributed by atoms with E-state index >= 15 is 0 Å². The smallest absolute Gasteiger partial charge is 0.238 e. The number of rotatable bonds is 8. The van der Waals surface area contributed by atoms with Gasteiger partial charge in [-0.2, -0.15) is 0 Å². The van der Waals surface area contributed by atoms with Crippen LogP contribution in [0.4, 0.5) is 5.69 Å². The highest BCUT2D eigenvalue weighted by molar-refractivity contribution is 6.33. The number of likely N-dealkylation sites (N-methyl/N-ethyl adjacent to an activating group) is 1. The molecule has 2 amide bonds. The van der Waals surface area contributed by atoms with Gasteiger partial charge in [-0.05, 0) is 37.2 Å². The second-order valence-corrected chi connectivity index (χ2v) is 7.79. The molecular weight excluding hydrogens is 410 g/mol. The van der Waals surface area contributed by atoms with Gasteiger partial charge in [-0.25, -0.2) is 0 Å². The van der Waals surface area contributed by atoms with Crippen molar-refractivity contribution in [2.45, 2.75) is 19.0 Å². The summed E-state index contributed by atoms with van der Waals surface area (Å²) in [7, 11) is 1.75. The third-order valence-corrected chi connectivity index (χ3v) is 5.46. The van der Waals surface area contributed by atoms with Gasteiger partial charge in [0.2, 0.25) is 11.8 Å². The minimum atomic E-state index is -0.507. The molecule has 3 rings (SSSR count). The van der Waals surface area contributed by atoms with Crippen LogP contribution in [-0.4, -0.2) is 36.3 Å². The lowest BCUT2D eigenvalue weighted by molar-refractivity contribution is -0.127. The van der Waals surface area contributed by atoms with Crippen LogP contribution in [0.25, 0.3) is 0 Å². The zero-order chi connectivity index (χ0) is 22.2. The largest absolute Gasteiger partial charge is 0.344 e. The van der Waals surface area contributed by atoms with Crippen molar-refractivity contribution in [2.24, 2.45) is 0 Å². The average Bonchev–Trinajstić information content (AvgIpc) is 2.79. The fraction of sp³-hybridized carbons (Fsp3) is 0.200. The Morgan fingerprint density at radius 3 is 1.94 bits per heavy atom. The van der Waals surface area contributed by atoms with Gasteiger partial charge in [0.1, 0.15) is 0 Å². The second kappa shape index (κ2) is 10.8. The van der Waals surface area contributed by atoms with Crippen molar-refractivity contribution < 1.29 is 9.59 Å². The monoisotopic (exact) mass is 435 g/mol. The molecule has 0 fully saturated rings. The Morgan fingerprint density at radius 1 is 0.871 bits per heavy atom. The first-order chi connectivity index (χ1) is 15.0. The summed E-state index contributed by atoms with van der Waals surface area (Å²) in [6.07, 6.45) is 0. The number of amides is 2. The first kappa shape index (κ1) is 22.5. The number of hydrogen-bond acceptors (Lipinski definition) is 3. The van der Waals surface area contributed by atoms with Crippen LogP contribution in [0, 0.1) is 0 Å². The summed E-state index contributed by atoms with van der Waals surface area (Å²) in [6.45, 7) is 1.84. The van der Waals surface area contributed by atoms with Crippen LogP contribution in [0.15, 0.2) is 84.9 Å². The predicted octanol–water partition coefficient (Wildman–Crippen LogP) is 4.50. The van der Waals surface area contributed by atoms with Crippen molar-refractivity contribution in [1.29, 1.82) is 0 Å². The van der Waals surface area contributed by atoms with Crippen LogP contribution < -0.4 is 10.6 Å². The molecule has 0 aliphatic heterocycles. The summed E-state index contributed by atoms with van der Waals surface area (Å²) >= 11 is 6.10. The fourth-order valence-electron chi connectivity index (χ4n) is 3.23. The third kappa shape index (κ3) is 6.17. The van der Waals surface area contributed by atoms with E-state index < -0.39 is 6.04 Å². The van der Waals surface area contributed by atoms with Gasteiger partial charge >= 0.3 is 0 Å². The Bertz CT molecular complexity index is 972. The highest BCUT2D eigenvalue weighted by Crippen LogP contribution is 2.22. The van der Waals surface area contributed by atoms with Crippen LogP contribution in [-0.2, 0) is 9.59 Å². The number of benzene rings is 3. The maximum absolute atomic E-state index is 13.0. The molecule has 0 bridgehead atoms. The zero-order valence-electron chi connectivity index (χ0n) is 17.6. The first-order valence-corrected chi connectivity index (χ1v) is 10.5. The summed E-state index contributed by atoms with van der Waals surface area (Å²) in [4.78, 5) is 27.2. The zero-order valence-corrected chi connectivity index (χ0v) is 18.3. The molecule has 0 saturated carbocycles. The van der Waals surface area contributed by atoms with Crippen LogP contribution in [0.2, 0.25) is 5.02 Å². The van der Waals surface area contributed by atoms with Crippen molar-refractivity contribution in [3.8, 4) is 0 Å². The fourth-order valence-corrected chi connectivity index (χ4v) is 3.41. The van der Waals surface area contributed by atoms with Gasteiger partial charge in [-0.15, -0.1) is 0 Å². The van der Waals surface area contributed by atoms with Gasteiger partial charge in [0.25, 0.3) is 0 Å². The third-order valence-electron chi connectivity index (χ3n) is 5.13. The van der Waals surface area contributed by atoms with Gasteiger partial charge in [0.15, 0.2) is 0 Å². The van der Waals surface area contributed by atoms with Crippen molar-refractivity contribution in [3.63, 3.8) is 0 Å². The topological polar surface area (TPSA) is 61.4 Å². The second-order valence-electron chi connectivity index (χ2n) is 7.38. The Morgan fingerprint density at radius 2 is 1.39 bits per heavy atom. The van der Waals surface area contributed by atoms with Crippen molar-refractivity contribution in [1.82, 2.24) is 10.2 Å². The number of hydrogen-bond donors (Lipinski definition) is 2. The van der Waals surface area contributed by atoms with Gasteiger partial charge in [0.05, 0.1) is 29.3 Å². The summed E-state index contributed by atoms with van der Waals surface area (Å²) in [5.74, 6) is -0.399. The minimum Gasteiger partial charge on any atom is -0.344 e. The van der Waals surface area contributed by atoms with Gasteiger partial charge in [-0.3, -0.25) is 14.5 Å². The van der Waals surface area contributed by atoms with Crippen molar-refractivity contribution >= 4 is 29.1 Å². The normalized spacial score (nSPS) is 11.9. The molecule has 0 aromatic heterocycles. The van der Waals surface area contributed by atoms with Crippen LogP contribution in [0.1, 0.15) is 24.1 Å². The lowest BCUT2D eigenvalue weighted by atomic mass is 9.98. The molecule has 3 aromatic rings. The molecule has 5 nitrogen and oxygen atoms in total. The van der Waals surface area contributed by atoms with Crippen LogP contribution >= 0.6 is 11.6 Å². The number of para-hydroxylation sites is 1. The number of halogens is 1. The number of carbonyl (C=O) groups excluding carboxylic acids is 2. The molecule has 160 valence electrons. The summed E-state index contributed by atoms with van der Waals surface area (Å²) < 4.78 is 0. The molecule has 0 heterocycles. The van der Waals surface area contributed by atoms with E-state index in [0.29, 0.717) is 10.7 Å². The average molecular weight is 436 g/mol. The first-order valence-electron chi connectivity index (χ1n) is 10.1. The Kier molecular flexibility index (Phi) is 7.82. The minimum absolute atomic E-state index is 0.0567. The molecule has 31 heavy (non-hydrogen) atoms. The Hall–Kier alpha value is -3.15. The van der Waals surface area contributed by atoms with Crippen molar-refractivity contribution in [2.75, 3.05) is 18.9 Å². The molecule has 2 N–H and O–H groups in total. The summed E-state index contributed by atoms with van der Waals surface area (Å²) in [6, 6.07) is 25.9. The van der Waals surface area contributed by atoms with E-state index in [9.17, 15) is 9.59 Å². The molecule has 6 heteroatoms. The van der Waals surface area contributed by atoms with Crippen LogP contribution in [0.5, 0.6) is 0 Å². The lowest BCUT2D eigenvalue weighted by Crippen LogP contribution is -2.47. The maximum atomic E-state index is 13.0. The van der Waals surface area contributed by atoms with Crippen molar-refractivity contribution in [3.05, 3.63) is 101 Å². The predicted molar refractivity (Wildman–Crippen MR) is 125 cm³/mol. The molecular formula is C25H26ClN3O2. The van der Waals surface area contributed by atoms with E-state index in [4.69, 9.17) is 11.6 Å². The van der Waals surface area contributed by atoms with E-state index in [1.54, 1.807) is 43.1 Å². The van der Waals surface area contributed by atoms with Gasteiger partial charge in [0, 0.05) is 0 Å². The Labute approximate surface area is 188 Å². The number of nitrogens with zero attached hydrogens (tertiary/aromatic N) is 1. The molecule has 0 aliphatic rings. The standard InChI is InChI=1S/C25H26ClN3O2/c1-18(29(2)17-23(30)27-22-16-10-9-15-21(22)26)25(31)28-24(19-11-5-3-6-12-19)20-13-7-4-8-14-20/h3-16,18,24H,17H2,1-2H3,(H,27,30)(H,28,31). The highest BCUT2D eigenvalue weighted by atomic mass is 35.5. The van der Waals surface area contributed by atoms with E-state index in [2.05, 4.69) is 10.6 Å². The SMILES string of the molecule is CC(C(=O)NC(c1ccccc1)c1ccccc1)N(C)CC(=O)Nc1ccccc1Cl. The molecule has 1 unspecified atom stereocenters. The summed E-state index contributed by atoms with van der Waals surface area (Å²) in [5.41, 5.74) is 2.54. The number of nitrogens with one attached hydrogen (secondary N) is 2. The van der Waals surface area contributed by atoms with E-state index in [-0.39, 0.29) is 24.4 Å². The highest BCUT2D eigenvalue weighted by Gasteiger charge is 2.24. The number of carbonyl (C=O) groups is 2. The lowest BCUT2D eigenvalue weighted by Gasteiger charge is -2.27. The maximum Gasteiger partial charge on any atom is 0.238 e. The summed E-state index contributed by atoms with van der Waals surface area (Å²) in [5, 5.41) is 6.38. The van der Waals surface area contributed by atoms with E-state index in [1.807, 2.05) is 60.7 Å². The van der Waals surface area contributed by atoms with E-state index in [1.165, 1.54) is 0 Å². The Balaban J connectivity index is 1.66. The molecule has 0 saturated heterocycles. The molecule has 0 radical (unpaired) electrons. The van der Waals surface area contributed by atoms with Gasteiger partial charge < -0.3 is 10.6 Å². The number of anilines is 1. The molecule has 3 aromatic carbocycles. The van der Waals surface area contributed by atoms with E-state index in [0.717, 1.165) is 11.1 Å². The molecule has 0 spiro atoms. The molecule has 1 atom stereocenters. The molecule has 0 aliphatic carbocycles. The van der Waals surface area contributed by atoms with Gasteiger partial charge in [-0.1, -0.05) is 84.4 Å². The quantitative estimate of drug-likeness (QED) is 0.547.